The molecule has 4 rings (SSSR count). The predicted molar refractivity (Wildman–Crippen MR) is 124 cm³/mol. The molecule has 0 atom stereocenters. The lowest BCUT2D eigenvalue weighted by Gasteiger charge is -2.04. The Labute approximate surface area is 187 Å². The summed E-state index contributed by atoms with van der Waals surface area (Å²) in [5.41, 5.74) is 3.56. The molecule has 7 heteroatoms. The van der Waals surface area contributed by atoms with Crippen LogP contribution in [0.1, 0.15) is 0 Å². The number of thiazole rings is 1. The van der Waals surface area contributed by atoms with Crippen molar-refractivity contribution in [3.63, 3.8) is 0 Å². The van der Waals surface area contributed by atoms with Gasteiger partial charge in [0.05, 0.1) is 20.5 Å². The molecule has 4 aromatic rings. The summed E-state index contributed by atoms with van der Waals surface area (Å²) in [6.07, 6.45) is 1.20. The summed E-state index contributed by atoms with van der Waals surface area (Å²) in [5, 5.41) is 1.46. The van der Waals surface area contributed by atoms with Crippen LogP contribution in [0.5, 0.6) is 0 Å². The average Bonchev–Trinajstić information content (AvgIpc) is 3.13. The number of sulfone groups is 1. The molecule has 146 valence electrons. The van der Waals surface area contributed by atoms with Crippen molar-refractivity contribution in [1.29, 1.82) is 0 Å². The second-order valence-electron chi connectivity index (χ2n) is 6.48. The summed E-state index contributed by atoms with van der Waals surface area (Å²) < 4.78 is 24.6. The van der Waals surface area contributed by atoms with Crippen molar-refractivity contribution in [2.45, 2.75) is 4.90 Å². The fourth-order valence-corrected chi connectivity index (χ4v) is 5.23. The van der Waals surface area contributed by atoms with Crippen LogP contribution in [0.2, 0.25) is 5.02 Å². The third-order valence-corrected chi connectivity index (χ3v) is 7.52. The van der Waals surface area contributed by atoms with Gasteiger partial charge in [-0.05, 0) is 35.9 Å². The van der Waals surface area contributed by atoms with Crippen molar-refractivity contribution in [3.8, 4) is 32.3 Å². The molecule has 1 heterocycles. The maximum Gasteiger partial charge on any atom is 0.175 e. The Balaban J connectivity index is 1.89. The van der Waals surface area contributed by atoms with Crippen molar-refractivity contribution in [1.82, 2.24) is 4.98 Å². The van der Waals surface area contributed by atoms with Crippen molar-refractivity contribution in [2.24, 2.45) is 0 Å². The molecule has 0 spiro atoms. The molecule has 0 saturated carbocycles. The number of rotatable bonds is 4. The van der Waals surface area contributed by atoms with E-state index in [4.69, 9.17) is 16.6 Å². The van der Waals surface area contributed by atoms with Gasteiger partial charge in [-0.25, -0.2) is 13.4 Å². The minimum Gasteiger partial charge on any atom is -0.235 e. The molecule has 1 aromatic heterocycles. The predicted octanol–water partition coefficient (Wildman–Crippen LogP) is 6.96. The Morgan fingerprint density at radius 2 is 1.52 bits per heavy atom. The maximum absolute atomic E-state index is 11.8. The zero-order valence-corrected chi connectivity index (χ0v) is 19.2. The van der Waals surface area contributed by atoms with Gasteiger partial charge in [0.2, 0.25) is 0 Å². The van der Waals surface area contributed by atoms with Crippen LogP contribution in [-0.4, -0.2) is 19.7 Å². The number of hydrogen-bond acceptors (Lipinski definition) is 4. The number of halogens is 2. The second kappa shape index (κ2) is 8.03. The first-order valence-corrected chi connectivity index (χ1v) is 12.5. The quantitative estimate of drug-likeness (QED) is 0.302. The zero-order chi connectivity index (χ0) is 20.6. The highest BCUT2D eigenvalue weighted by Crippen LogP contribution is 2.42. The molecule has 3 aromatic carbocycles. The summed E-state index contributed by atoms with van der Waals surface area (Å²) in [6, 6.07) is 22.5. The Hall–Kier alpha value is -1.99. The minimum absolute atomic E-state index is 0.285. The van der Waals surface area contributed by atoms with E-state index in [2.05, 4.69) is 15.9 Å². The van der Waals surface area contributed by atoms with E-state index in [0.29, 0.717) is 5.02 Å². The molecule has 0 N–H and O–H groups in total. The number of hydrogen-bond donors (Lipinski definition) is 0. The molecule has 0 aliphatic carbocycles. The molecule has 0 unspecified atom stereocenters. The fraction of sp³-hybridized carbons (Fsp3) is 0.0455. The number of benzene rings is 3. The Morgan fingerprint density at radius 1 is 0.897 bits per heavy atom. The SMILES string of the molecule is CS(=O)(=O)c1ccc(-c2nc(-c3ccccc3Cl)sc2-c2ccc(Br)cc2)cc1. The van der Waals surface area contributed by atoms with Crippen LogP contribution in [0.25, 0.3) is 32.3 Å². The van der Waals surface area contributed by atoms with Gasteiger partial charge < -0.3 is 0 Å². The topological polar surface area (TPSA) is 47.0 Å². The van der Waals surface area contributed by atoms with E-state index in [-0.39, 0.29) is 4.90 Å². The minimum atomic E-state index is -3.25. The summed E-state index contributed by atoms with van der Waals surface area (Å²) in [7, 11) is -3.25. The highest BCUT2D eigenvalue weighted by molar-refractivity contribution is 9.10. The monoisotopic (exact) mass is 503 g/mol. The zero-order valence-electron chi connectivity index (χ0n) is 15.3. The number of nitrogens with zero attached hydrogens (tertiary/aromatic N) is 1. The van der Waals surface area contributed by atoms with E-state index in [9.17, 15) is 8.42 Å². The number of aromatic nitrogens is 1. The average molecular weight is 505 g/mol. The fourth-order valence-electron chi connectivity index (χ4n) is 2.92. The molecule has 29 heavy (non-hydrogen) atoms. The summed E-state index contributed by atoms with van der Waals surface area (Å²) in [4.78, 5) is 6.16. The van der Waals surface area contributed by atoms with Gasteiger partial charge in [0.1, 0.15) is 5.01 Å². The van der Waals surface area contributed by atoms with E-state index < -0.39 is 9.84 Å². The van der Waals surface area contributed by atoms with E-state index in [1.165, 1.54) is 6.26 Å². The van der Waals surface area contributed by atoms with Crippen molar-refractivity contribution < 1.29 is 8.42 Å². The Morgan fingerprint density at radius 3 is 2.14 bits per heavy atom. The van der Waals surface area contributed by atoms with Crippen LogP contribution in [0.4, 0.5) is 0 Å². The molecule has 0 amide bonds. The van der Waals surface area contributed by atoms with E-state index in [1.54, 1.807) is 35.6 Å². The highest BCUT2D eigenvalue weighted by atomic mass is 79.9. The maximum atomic E-state index is 11.8. The van der Waals surface area contributed by atoms with E-state index in [1.807, 2.05) is 48.5 Å². The first kappa shape index (κ1) is 20.3. The van der Waals surface area contributed by atoms with Gasteiger partial charge in [0, 0.05) is 21.9 Å². The summed E-state index contributed by atoms with van der Waals surface area (Å²) >= 11 is 11.4. The normalized spacial score (nSPS) is 11.6. The van der Waals surface area contributed by atoms with Crippen LogP contribution < -0.4 is 0 Å². The van der Waals surface area contributed by atoms with Crippen molar-refractivity contribution in [2.75, 3.05) is 6.26 Å². The highest BCUT2D eigenvalue weighted by Gasteiger charge is 2.18. The summed E-state index contributed by atoms with van der Waals surface area (Å²) in [5.74, 6) is 0. The van der Waals surface area contributed by atoms with Crippen LogP contribution in [0.3, 0.4) is 0 Å². The molecule has 0 aliphatic heterocycles. The lowest BCUT2D eigenvalue weighted by Crippen LogP contribution is -1.96. The van der Waals surface area contributed by atoms with Gasteiger partial charge in [-0.2, -0.15) is 0 Å². The van der Waals surface area contributed by atoms with Gasteiger partial charge >= 0.3 is 0 Å². The molecular formula is C22H15BrClNO2S2. The van der Waals surface area contributed by atoms with Crippen LogP contribution in [-0.2, 0) is 9.84 Å². The third kappa shape index (κ3) is 4.31. The third-order valence-electron chi connectivity index (χ3n) is 4.39. The lowest BCUT2D eigenvalue weighted by molar-refractivity contribution is 0.602. The molecule has 0 saturated heterocycles. The van der Waals surface area contributed by atoms with Gasteiger partial charge in [-0.3, -0.25) is 0 Å². The Kier molecular flexibility index (Phi) is 5.62. The van der Waals surface area contributed by atoms with Gasteiger partial charge in [0.25, 0.3) is 0 Å². The van der Waals surface area contributed by atoms with Gasteiger partial charge in [-0.1, -0.05) is 70.0 Å². The van der Waals surface area contributed by atoms with Gasteiger partial charge in [0.15, 0.2) is 9.84 Å². The first-order chi connectivity index (χ1) is 13.8. The smallest absolute Gasteiger partial charge is 0.175 e. The summed E-state index contributed by atoms with van der Waals surface area (Å²) in [6.45, 7) is 0. The standard InChI is InChI=1S/C22H15BrClNO2S2/c1-29(26,27)17-12-8-14(9-13-17)20-21(15-6-10-16(23)11-7-15)28-22(25-20)18-4-2-3-5-19(18)24/h2-13H,1H3. The first-order valence-electron chi connectivity index (χ1n) is 8.65. The van der Waals surface area contributed by atoms with E-state index >= 15 is 0 Å². The molecular weight excluding hydrogens is 490 g/mol. The van der Waals surface area contributed by atoms with Crippen LogP contribution in [0, 0.1) is 0 Å². The molecule has 3 nitrogen and oxygen atoms in total. The van der Waals surface area contributed by atoms with Crippen LogP contribution >= 0.6 is 38.9 Å². The second-order valence-corrected chi connectivity index (χ2v) is 10.8. The van der Waals surface area contributed by atoms with Gasteiger partial charge in [-0.15, -0.1) is 11.3 Å². The largest absolute Gasteiger partial charge is 0.235 e. The molecule has 0 bridgehead atoms. The van der Waals surface area contributed by atoms with Crippen LogP contribution in [0.15, 0.2) is 82.2 Å². The van der Waals surface area contributed by atoms with Crippen molar-refractivity contribution >= 4 is 48.7 Å². The molecule has 0 fully saturated rings. The molecule has 0 aliphatic rings. The Bertz CT molecular complexity index is 1280. The molecule has 0 radical (unpaired) electrons. The lowest BCUT2D eigenvalue weighted by atomic mass is 10.1. The van der Waals surface area contributed by atoms with E-state index in [0.717, 1.165) is 36.7 Å². The van der Waals surface area contributed by atoms with Crippen molar-refractivity contribution in [3.05, 3.63) is 82.3 Å².